The van der Waals surface area contributed by atoms with E-state index in [4.69, 9.17) is 9.15 Å². The molecule has 5 rings (SSSR count). The highest BCUT2D eigenvalue weighted by atomic mass is 32.1. The van der Waals surface area contributed by atoms with Gasteiger partial charge in [0.1, 0.15) is 22.5 Å². The molecule has 5 aromatic rings. The third-order valence-electron chi connectivity index (χ3n) is 5.40. The van der Waals surface area contributed by atoms with Crippen molar-refractivity contribution < 1.29 is 13.9 Å². The lowest BCUT2D eigenvalue weighted by Gasteiger charge is -2.13. The number of H-pyrrole nitrogens is 1. The summed E-state index contributed by atoms with van der Waals surface area (Å²) in [5.74, 6) is -0.423. The van der Waals surface area contributed by atoms with Crippen LogP contribution in [0.1, 0.15) is 29.3 Å². The van der Waals surface area contributed by atoms with Crippen LogP contribution in [-0.2, 0) is 16.1 Å². The van der Waals surface area contributed by atoms with Crippen molar-refractivity contribution in [3.63, 3.8) is 0 Å². The molecule has 0 unspecified atom stereocenters. The molecule has 9 nitrogen and oxygen atoms in total. The third kappa shape index (κ3) is 3.19. The Morgan fingerprint density at radius 1 is 1.28 bits per heavy atom. The molecule has 0 fully saturated rings. The third-order valence-corrected chi connectivity index (χ3v) is 6.50. The summed E-state index contributed by atoms with van der Waals surface area (Å²) in [4.78, 5) is 50.8. The predicted octanol–water partition coefficient (Wildman–Crippen LogP) is 3.36. The number of hydrogen-bond donors (Lipinski definition) is 1. The maximum absolute atomic E-state index is 12.8. The number of fused-ring (bicyclic) bond motifs is 4. The van der Waals surface area contributed by atoms with Gasteiger partial charge in [0.05, 0.1) is 11.7 Å². The van der Waals surface area contributed by atoms with Crippen molar-refractivity contribution in [1.29, 1.82) is 0 Å². The first-order valence-corrected chi connectivity index (χ1v) is 10.7. The van der Waals surface area contributed by atoms with Crippen LogP contribution >= 0.6 is 11.3 Å². The fourth-order valence-electron chi connectivity index (χ4n) is 3.62. The van der Waals surface area contributed by atoms with Gasteiger partial charge in [0.15, 0.2) is 11.9 Å². The van der Waals surface area contributed by atoms with Gasteiger partial charge in [-0.25, -0.2) is 9.97 Å². The van der Waals surface area contributed by atoms with E-state index in [0.29, 0.717) is 21.3 Å². The summed E-state index contributed by atoms with van der Waals surface area (Å²) in [5, 5.41) is 1.28. The second-order valence-electron chi connectivity index (χ2n) is 7.50. The lowest BCUT2D eigenvalue weighted by Crippen LogP contribution is -2.26. The lowest BCUT2D eigenvalue weighted by molar-refractivity contribution is -0.149. The second kappa shape index (κ2) is 7.41. The highest BCUT2D eigenvalue weighted by molar-refractivity contribution is 7.18. The zero-order valence-electron chi connectivity index (χ0n) is 17.5. The molecule has 0 aliphatic rings. The quantitative estimate of drug-likeness (QED) is 0.417. The zero-order chi connectivity index (χ0) is 22.6. The molecule has 1 aromatic carbocycles. The van der Waals surface area contributed by atoms with Crippen LogP contribution in [0.5, 0.6) is 0 Å². The summed E-state index contributed by atoms with van der Waals surface area (Å²) in [6, 6.07) is 7.20. The van der Waals surface area contributed by atoms with Crippen molar-refractivity contribution in [3.8, 4) is 0 Å². The van der Waals surface area contributed by atoms with Crippen LogP contribution in [0.25, 0.3) is 32.3 Å². The number of aromatic amines is 1. The minimum Gasteiger partial charge on any atom is -0.453 e. The molecule has 32 heavy (non-hydrogen) atoms. The maximum atomic E-state index is 12.8. The van der Waals surface area contributed by atoms with Crippen molar-refractivity contribution in [3.05, 3.63) is 67.6 Å². The average molecular weight is 450 g/mol. The van der Waals surface area contributed by atoms with Crippen LogP contribution in [0.4, 0.5) is 0 Å². The van der Waals surface area contributed by atoms with Gasteiger partial charge in [0, 0.05) is 10.3 Å². The Balaban J connectivity index is 1.40. The van der Waals surface area contributed by atoms with E-state index in [0.717, 1.165) is 20.4 Å². The molecule has 162 valence electrons. The Morgan fingerprint density at radius 2 is 2.06 bits per heavy atom. The summed E-state index contributed by atoms with van der Waals surface area (Å²) >= 11 is 1.41. The van der Waals surface area contributed by atoms with Gasteiger partial charge in [-0.15, -0.1) is 11.3 Å². The molecule has 0 radical (unpaired) electrons. The van der Waals surface area contributed by atoms with E-state index >= 15 is 0 Å². The molecular weight excluding hydrogens is 432 g/mol. The molecule has 1 atom stereocenters. The van der Waals surface area contributed by atoms with E-state index in [1.807, 2.05) is 26.0 Å². The highest BCUT2D eigenvalue weighted by Crippen LogP contribution is 2.27. The molecular formula is C22H18N4O5S. The molecule has 0 amide bonds. The number of nitrogens with one attached hydrogen (secondary N) is 1. The molecule has 0 aliphatic carbocycles. The Kier molecular flexibility index (Phi) is 4.66. The van der Waals surface area contributed by atoms with Crippen LogP contribution in [0.3, 0.4) is 0 Å². The first-order chi connectivity index (χ1) is 15.3. The molecule has 0 aliphatic heterocycles. The summed E-state index contributed by atoms with van der Waals surface area (Å²) in [5.41, 5.74) is 1.21. The number of furan rings is 1. The maximum Gasteiger partial charge on any atom is 0.326 e. The number of para-hydroxylation sites is 1. The van der Waals surface area contributed by atoms with Crippen LogP contribution in [0, 0.1) is 13.8 Å². The Labute approximate surface area is 184 Å². The van der Waals surface area contributed by atoms with Gasteiger partial charge in [-0.2, -0.15) is 0 Å². The molecule has 0 bridgehead atoms. The molecule has 0 spiro atoms. The fourth-order valence-corrected chi connectivity index (χ4v) is 4.66. The molecule has 1 N–H and O–H groups in total. The molecule has 0 saturated heterocycles. The summed E-state index contributed by atoms with van der Waals surface area (Å²) < 4.78 is 12.2. The van der Waals surface area contributed by atoms with Crippen LogP contribution in [0.2, 0.25) is 0 Å². The smallest absolute Gasteiger partial charge is 0.326 e. The monoisotopic (exact) mass is 450 g/mol. The largest absolute Gasteiger partial charge is 0.453 e. The van der Waals surface area contributed by atoms with E-state index in [9.17, 15) is 14.4 Å². The number of ether oxygens (including phenoxy) is 1. The van der Waals surface area contributed by atoms with E-state index in [1.165, 1.54) is 17.7 Å². The summed E-state index contributed by atoms with van der Waals surface area (Å²) in [6.07, 6.45) is 0.489. The fraction of sp³-hybridized carbons (Fsp3) is 0.227. The molecule has 4 heterocycles. The van der Waals surface area contributed by atoms with Crippen molar-refractivity contribution in [2.45, 2.75) is 33.4 Å². The average Bonchev–Trinajstić information content (AvgIpc) is 3.28. The number of carbonyl (C=O) groups excluding carboxylic acids is 1. The van der Waals surface area contributed by atoms with Crippen LogP contribution < -0.4 is 11.1 Å². The molecule has 0 saturated carbocycles. The SMILES string of the molecule is Cc1sc2nc([C@@H](C)OC(=O)Cn3cnc4c(oc5ccccc54)c3=O)[nH]c(=O)c2c1C. The van der Waals surface area contributed by atoms with E-state index in [-0.39, 0.29) is 23.5 Å². The zero-order valence-corrected chi connectivity index (χ0v) is 18.3. The number of nitrogens with zero attached hydrogens (tertiary/aromatic N) is 3. The second-order valence-corrected chi connectivity index (χ2v) is 8.70. The number of benzene rings is 1. The Hall–Kier alpha value is -3.79. The van der Waals surface area contributed by atoms with Crippen molar-refractivity contribution >= 4 is 49.6 Å². The van der Waals surface area contributed by atoms with Crippen LogP contribution in [0.15, 0.2) is 44.6 Å². The van der Waals surface area contributed by atoms with Gasteiger partial charge in [0.2, 0.25) is 5.58 Å². The highest BCUT2D eigenvalue weighted by Gasteiger charge is 2.20. The number of carbonyl (C=O) groups is 1. The minimum absolute atomic E-state index is 0.0782. The van der Waals surface area contributed by atoms with Gasteiger partial charge in [-0.1, -0.05) is 12.1 Å². The Morgan fingerprint density at radius 3 is 2.88 bits per heavy atom. The van der Waals surface area contributed by atoms with Gasteiger partial charge in [0.25, 0.3) is 11.1 Å². The Bertz CT molecular complexity index is 1640. The van der Waals surface area contributed by atoms with E-state index < -0.39 is 17.6 Å². The number of hydrogen-bond acceptors (Lipinski definition) is 8. The van der Waals surface area contributed by atoms with Crippen molar-refractivity contribution in [2.24, 2.45) is 0 Å². The number of thiophene rings is 1. The lowest BCUT2D eigenvalue weighted by atomic mass is 10.2. The van der Waals surface area contributed by atoms with Crippen molar-refractivity contribution in [2.75, 3.05) is 0 Å². The number of esters is 1. The first-order valence-electron chi connectivity index (χ1n) is 9.89. The van der Waals surface area contributed by atoms with Gasteiger partial charge < -0.3 is 14.1 Å². The van der Waals surface area contributed by atoms with Crippen LogP contribution in [-0.4, -0.2) is 25.5 Å². The standard InChI is InChI=1S/C22H18N4O5S/c1-10-12(3)32-21-16(10)20(28)24-19(25-21)11(2)30-15(27)8-26-9-23-17-13-6-4-5-7-14(13)31-18(17)22(26)29/h4-7,9,11H,8H2,1-3H3,(H,24,25,28)/t11-/m1/s1. The summed E-state index contributed by atoms with van der Waals surface area (Å²) in [7, 11) is 0. The van der Waals surface area contributed by atoms with Crippen molar-refractivity contribution in [1.82, 2.24) is 19.5 Å². The summed E-state index contributed by atoms with van der Waals surface area (Å²) in [6.45, 7) is 5.05. The first kappa shape index (κ1) is 20.1. The van der Waals surface area contributed by atoms with E-state index in [1.54, 1.807) is 19.1 Å². The van der Waals surface area contributed by atoms with Gasteiger partial charge >= 0.3 is 5.97 Å². The van der Waals surface area contributed by atoms with Gasteiger partial charge in [-0.05, 0) is 38.5 Å². The normalized spacial score (nSPS) is 12.6. The number of aryl methyl sites for hydroxylation is 2. The number of rotatable bonds is 4. The number of aromatic nitrogens is 4. The topological polar surface area (TPSA) is 120 Å². The molecule has 10 heteroatoms. The van der Waals surface area contributed by atoms with Gasteiger partial charge in [-0.3, -0.25) is 19.0 Å². The van der Waals surface area contributed by atoms with E-state index in [2.05, 4.69) is 15.0 Å². The predicted molar refractivity (Wildman–Crippen MR) is 120 cm³/mol. The minimum atomic E-state index is -0.805. The molecule has 4 aromatic heterocycles.